The molecular weight excluding hydrogens is 264 g/mol. The topological polar surface area (TPSA) is 50.4 Å². The summed E-state index contributed by atoms with van der Waals surface area (Å²) in [5, 5.41) is 6.71. The van der Waals surface area contributed by atoms with Gasteiger partial charge in [0.2, 0.25) is 5.91 Å². The number of benzene rings is 1. The Balaban J connectivity index is 2.82. The number of methoxy groups -OCH3 is 1. The van der Waals surface area contributed by atoms with Crippen molar-refractivity contribution in [1.29, 1.82) is 0 Å². The van der Waals surface area contributed by atoms with Gasteiger partial charge in [0, 0.05) is 25.3 Å². The lowest BCUT2D eigenvalue weighted by Crippen LogP contribution is -2.29. The molecular formula is C14H21ClN2O2. The summed E-state index contributed by atoms with van der Waals surface area (Å²) in [4.78, 5) is 11.4. The van der Waals surface area contributed by atoms with Crippen LogP contribution in [0.5, 0.6) is 0 Å². The molecule has 19 heavy (non-hydrogen) atoms. The molecule has 0 aromatic heterocycles. The summed E-state index contributed by atoms with van der Waals surface area (Å²) in [6.07, 6.45) is 0.507. The predicted octanol–water partition coefficient (Wildman–Crippen LogP) is 3.52. The van der Waals surface area contributed by atoms with E-state index in [2.05, 4.69) is 10.6 Å². The van der Waals surface area contributed by atoms with Crippen LogP contribution >= 0.6 is 11.6 Å². The van der Waals surface area contributed by atoms with Crippen LogP contribution in [0, 0.1) is 0 Å². The van der Waals surface area contributed by atoms with Crippen molar-refractivity contribution in [2.45, 2.75) is 39.3 Å². The van der Waals surface area contributed by atoms with Crippen molar-refractivity contribution in [3.05, 3.63) is 23.2 Å². The maximum Gasteiger partial charge on any atom is 0.224 e. The third kappa shape index (κ3) is 4.73. The van der Waals surface area contributed by atoms with Gasteiger partial charge in [-0.05, 0) is 32.0 Å². The fourth-order valence-electron chi connectivity index (χ4n) is 1.53. The van der Waals surface area contributed by atoms with E-state index in [1.54, 1.807) is 19.2 Å². The summed E-state index contributed by atoms with van der Waals surface area (Å²) in [7, 11) is 1.67. The number of rotatable bonds is 6. The Morgan fingerprint density at radius 1 is 1.42 bits per heavy atom. The van der Waals surface area contributed by atoms with Crippen molar-refractivity contribution in [3.63, 3.8) is 0 Å². The molecule has 1 rings (SSSR count). The van der Waals surface area contributed by atoms with E-state index in [1.165, 1.54) is 0 Å². The second-order valence-corrected chi connectivity index (χ2v) is 4.88. The predicted molar refractivity (Wildman–Crippen MR) is 79.9 cm³/mol. The molecule has 1 aromatic rings. The average Bonchev–Trinajstić information content (AvgIpc) is 2.41. The van der Waals surface area contributed by atoms with E-state index < -0.39 is 0 Å². The number of ether oxygens (including phenoxy) is 1. The lowest BCUT2D eigenvalue weighted by Gasteiger charge is -2.22. The lowest BCUT2D eigenvalue weighted by molar-refractivity contribution is -0.115. The number of hydrogen-bond acceptors (Lipinski definition) is 3. The highest BCUT2D eigenvalue weighted by molar-refractivity contribution is 6.33. The van der Waals surface area contributed by atoms with E-state index in [4.69, 9.17) is 16.3 Å². The number of anilines is 2. The van der Waals surface area contributed by atoms with Crippen molar-refractivity contribution in [1.82, 2.24) is 0 Å². The van der Waals surface area contributed by atoms with Crippen molar-refractivity contribution in [2.75, 3.05) is 17.7 Å². The van der Waals surface area contributed by atoms with Gasteiger partial charge in [-0.2, -0.15) is 0 Å². The molecule has 0 saturated heterocycles. The standard InChI is InChI=1S/C14H21ClN2O2/c1-5-14(18)17-11-6-7-12(15)13(8-11)16-9(2)10(3)19-4/h6-10,16H,5H2,1-4H3,(H,17,18). The van der Waals surface area contributed by atoms with E-state index in [0.717, 1.165) is 11.4 Å². The van der Waals surface area contributed by atoms with Gasteiger partial charge >= 0.3 is 0 Å². The van der Waals surface area contributed by atoms with Crippen LogP contribution in [0.2, 0.25) is 5.02 Å². The molecule has 5 heteroatoms. The van der Waals surface area contributed by atoms with Crippen molar-refractivity contribution < 1.29 is 9.53 Å². The summed E-state index contributed by atoms with van der Waals surface area (Å²) in [5.41, 5.74) is 1.52. The smallest absolute Gasteiger partial charge is 0.224 e. The van der Waals surface area contributed by atoms with Gasteiger partial charge in [0.15, 0.2) is 0 Å². The third-order valence-electron chi connectivity index (χ3n) is 3.03. The molecule has 1 aromatic carbocycles. The molecule has 0 heterocycles. The molecule has 2 atom stereocenters. The Kier molecular flexibility index (Phi) is 6.12. The van der Waals surface area contributed by atoms with Crippen molar-refractivity contribution >= 4 is 28.9 Å². The summed E-state index contributed by atoms with van der Waals surface area (Å²) in [5.74, 6) is -0.0217. The van der Waals surface area contributed by atoms with Gasteiger partial charge in [-0.25, -0.2) is 0 Å². The van der Waals surface area contributed by atoms with Crippen LogP contribution in [-0.2, 0) is 9.53 Å². The minimum Gasteiger partial charge on any atom is -0.380 e. The number of carbonyl (C=O) groups excluding carboxylic acids is 1. The number of nitrogens with one attached hydrogen (secondary N) is 2. The molecule has 0 spiro atoms. The first kappa shape index (κ1) is 15.8. The van der Waals surface area contributed by atoms with Gasteiger partial charge < -0.3 is 15.4 Å². The van der Waals surface area contributed by atoms with Crippen LogP contribution in [0.25, 0.3) is 0 Å². The van der Waals surface area contributed by atoms with Gasteiger partial charge in [-0.3, -0.25) is 4.79 Å². The van der Waals surface area contributed by atoms with Crippen LogP contribution in [0.4, 0.5) is 11.4 Å². The van der Waals surface area contributed by atoms with Crippen LogP contribution in [-0.4, -0.2) is 25.2 Å². The highest BCUT2D eigenvalue weighted by Crippen LogP contribution is 2.26. The van der Waals surface area contributed by atoms with Crippen LogP contribution in [0.15, 0.2) is 18.2 Å². The van der Waals surface area contributed by atoms with E-state index in [9.17, 15) is 4.79 Å². The van der Waals surface area contributed by atoms with Crippen LogP contribution in [0.3, 0.4) is 0 Å². The molecule has 0 aliphatic heterocycles. The summed E-state index contributed by atoms with van der Waals surface area (Å²) in [6, 6.07) is 5.49. The molecule has 0 bridgehead atoms. The Morgan fingerprint density at radius 2 is 2.11 bits per heavy atom. The summed E-state index contributed by atoms with van der Waals surface area (Å²) < 4.78 is 5.26. The highest BCUT2D eigenvalue weighted by atomic mass is 35.5. The zero-order chi connectivity index (χ0) is 14.4. The molecule has 2 unspecified atom stereocenters. The number of amides is 1. The molecule has 4 nitrogen and oxygen atoms in total. The number of halogens is 1. The average molecular weight is 285 g/mol. The van der Waals surface area contributed by atoms with Gasteiger partial charge in [0.25, 0.3) is 0 Å². The SMILES string of the molecule is CCC(=O)Nc1ccc(Cl)c(NC(C)C(C)OC)c1. The normalized spacial score (nSPS) is 13.7. The Morgan fingerprint density at radius 3 is 2.68 bits per heavy atom. The fourth-order valence-corrected chi connectivity index (χ4v) is 1.70. The first-order valence-corrected chi connectivity index (χ1v) is 6.74. The largest absolute Gasteiger partial charge is 0.380 e. The zero-order valence-corrected chi connectivity index (χ0v) is 12.5. The first-order valence-electron chi connectivity index (χ1n) is 6.36. The molecule has 0 aliphatic rings. The van der Waals surface area contributed by atoms with Crippen LogP contribution < -0.4 is 10.6 Å². The Labute approximate surface area is 119 Å². The van der Waals surface area contributed by atoms with E-state index >= 15 is 0 Å². The molecule has 2 N–H and O–H groups in total. The lowest BCUT2D eigenvalue weighted by atomic mass is 10.2. The van der Waals surface area contributed by atoms with Gasteiger partial charge in [0.05, 0.1) is 16.8 Å². The highest BCUT2D eigenvalue weighted by Gasteiger charge is 2.13. The molecule has 0 radical (unpaired) electrons. The minimum atomic E-state index is -0.0217. The monoisotopic (exact) mass is 284 g/mol. The quantitative estimate of drug-likeness (QED) is 0.840. The summed E-state index contributed by atoms with van der Waals surface area (Å²) >= 11 is 6.14. The molecule has 0 fully saturated rings. The Hall–Kier alpha value is -1.26. The third-order valence-corrected chi connectivity index (χ3v) is 3.36. The number of hydrogen-bond donors (Lipinski definition) is 2. The van der Waals surface area contributed by atoms with Crippen molar-refractivity contribution in [2.24, 2.45) is 0 Å². The fraction of sp³-hybridized carbons (Fsp3) is 0.500. The minimum absolute atomic E-state index is 0.0217. The summed E-state index contributed by atoms with van der Waals surface area (Å²) in [6.45, 7) is 5.81. The molecule has 1 amide bonds. The van der Waals surface area contributed by atoms with E-state index in [0.29, 0.717) is 11.4 Å². The maximum atomic E-state index is 11.4. The molecule has 106 valence electrons. The Bertz CT molecular complexity index is 437. The van der Waals surface area contributed by atoms with Crippen LogP contribution in [0.1, 0.15) is 27.2 Å². The van der Waals surface area contributed by atoms with Crippen molar-refractivity contribution in [3.8, 4) is 0 Å². The maximum absolute atomic E-state index is 11.4. The number of carbonyl (C=O) groups is 1. The second kappa shape index (κ2) is 7.36. The van der Waals surface area contributed by atoms with Gasteiger partial charge in [-0.1, -0.05) is 18.5 Å². The van der Waals surface area contributed by atoms with E-state index in [-0.39, 0.29) is 18.1 Å². The first-order chi connectivity index (χ1) is 8.97. The molecule has 0 aliphatic carbocycles. The van der Waals surface area contributed by atoms with E-state index in [1.807, 2.05) is 26.8 Å². The molecule has 0 saturated carbocycles. The van der Waals surface area contributed by atoms with Gasteiger partial charge in [-0.15, -0.1) is 0 Å². The zero-order valence-electron chi connectivity index (χ0n) is 11.8. The van der Waals surface area contributed by atoms with Gasteiger partial charge in [0.1, 0.15) is 0 Å². The second-order valence-electron chi connectivity index (χ2n) is 4.47.